The molecule has 1 aromatic heterocycles. The molecule has 0 aliphatic heterocycles. The molecule has 0 aliphatic carbocycles. The van der Waals surface area contributed by atoms with Crippen LogP contribution in [0.1, 0.15) is 37.9 Å². The van der Waals surface area contributed by atoms with E-state index >= 15 is 0 Å². The Bertz CT molecular complexity index is 543. The summed E-state index contributed by atoms with van der Waals surface area (Å²) in [6.07, 6.45) is 1.04. The molecule has 2 N–H and O–H groups in total. The van der Waals surface area contributed by atoms with Crippen LogP contribution in [0.15, 0.2) is 18.2 Å². The number of aromatic amines is 1. The summed E-state index contributed by atoms with van der Waals surface area (Å²) >= 11 is 0. The fourth-order valence-corrected chi connectivity index (χ4v) is 2.52. The lowest BCUT2D eigenvalue weighted by Crippen LogP contribution is -2.11. The van der Waals surface area contributed by atoms with Gasteiger partial charge in [-0.3, -0.25) is 0 Å². The Balaban J connectivity index is 2.49. The largest absolute Gasteiger partial charge is 0.494 e. The maximum absolute atomic E-state index is 5.61. The van der Waals surface area contributed by atoms with Gasteiger partial charge < -0.3 is 15.0 Å². The predicted molar refractivity (Wildman–Crippen MR) is 81.2 cm³/mol. The van der Waals surface area contributed by atoms with Crippen LogP contribution in [0.25, 0.3) is 10.9 Å². The van der Waals surface area contributed by atoms with E-state index in [1.807, 2.05) is 20.0 Å². The summed E-state index contributed by atoms with van der Waals surface area (Å²) < 4.78 is 5.61. The Morgan fingerprint density at radius 1 is 1.32 bits per heavy atom. The molecule has 1 heterocycles. The van der Waals surface area contributed by atoms with Crippen molar-refractivity contribution in [2.75, 3.05) is 20.2 Å². The molecule has 0 bridgehead atoms. The molecule has 0 aliphatic rings. The average Bonchev–Trinajstić information content (AvgIpc) is 2.75. The number of benzene rings is 1. The van der Waals surface area contributed by atoms with E-state index in [9.17, 15) is 0 Å². The first-order valence-corrected chi connectivity index (χ1v) is 7.09. The second kappa shape index (κ2) is 6.11. The van der Waals surface area contributed by atoms with Crippen molar-refractivity contribution in [2.24, 2.45) is 0 Å². The number of hydrogen-bond acceptors (Lipinski definition) is 2. The molecule has 3 nitrogen and oxygen atoms in total. The smallest absolute Gasteiger partial charge is 0.120 e. The van der Waals surface area contributed by atoms with Crippen molar-refractivity contribution in [1.82, 2.24) is 10.3 Å². The molecule has 3 heteroatoms. The molecular weight excluding hydrogens is 236 g/mol. The van der Waals surface area contributed by atoms with Crippen molar-refractivity contribution in [3.8, 4) is 5.75 Å². The number of ether oxygens (including phenoxy) is 1. The maximum Gasteiger partial charge on any atom is 0.120 e. The zero-order valence-electron chi connectivity index (χ0n) is 12.3. The van der Waals surface area contributed by atoms with Crippen LogP contribution < -0.4 is 10.1 Å². The Morgan fingerprint density at radius 2 is 2.11 bits per heavy atom. The summed E-state index contributed by atoms with van der Waals surface area (Å²) in [6, 6.07) is 6.32. The SMILES string of the molecule is CCOc1ccc2[nH]c(C(C)C)c(CCNC)c2c1. The fraction of sp³-hybridized carbons (Fsp3) is 0.500. The van der Waals surface area contributed by atoms with Crippen molar-refractivity contribution >= 4 is 10.9 Å². The summed E-state index contributed by atoms with van der Waals surface area (Å²) in [5.41, 5.74) is 3.97. The molecule has 0 fully saturated rings. The van der Waals surface area contributed by atoms with E-state index in [-0.39, 0.29) is 0 Å². The van der Waals surface area contributed by atoms with Gasteiger partial charge in [-0.2, -0.15) is 0 Å². The first kappa shape index (κ1) is 13.9. The van der Waals surface area contributed by atoms with Crippen molar-refractivity contribution in [2.45, 2.75) is 33.1 Å². The minimum Gasteiger partial charge on any atom is -0.494 e. The molecule has 0 saturated carbocycles. The van der Waals surface area contributed by atoms with Gasteiger partial charge in [0, 0.05) is 16.6 Å². The van der Waals surface area contributed by atoms with Crippen LogP contribution in [0.2, 0.25) is 0 Å². The van der Waals surface area contributed by atoms with Crippen molar-refractivity contribution in [3.05, 3.63) is 29.5 Å². The van der Waals surface area contributed by atoms with E-state index in [2.05, 4.69) is 36.3 Å². The number of H-pyrrole nitrogens is 1. The molecule has 2 rings (SSSR count). The molecule has 2 aromatic rings. The molecule has 1 aromatic carbocycles. The monoisotopic (exact) mass is 260 g/mol. The van der Waals surface area contributed by atoms with Gasteiger partial charge in [-0.25, -0.2) is 0 Å². The van der Waals surface area contributed by atoms with E-state index in [4.69, 9.17) is 4.74 Å². The topological polar surface area (TPSA) is 37.0 Å². The van der Waals surface area contributed by atoms with Gasteiger partial charge in [0.1, 0.15) is 5.75 Å². The average molecular weight is 260 g/mol. The van der Waals surface area contributed by atoms with Gasteiger partial charge in [-0.15, -0.1) is 0 Å². The third-order valence-corrected chi connectivity index (χ3v) is 3.42. The van der Waals surface area contributed by atoms with E-state index in [0.29, 0.717) is 12.5 Å². The Morgan fingerprint density at radius 3 is 2.74 bits per heavy atom. The lowest BCUT2D eigenvalue weighted by molar-refractivity contribution is 0.340. The fourth-order valence-electron chi connectivity index (χ4n) is 2.52. The van der Waals surface area contributed by atoms with Crippen LogP contribution in [0.4, 0.5) is 0 Å². The zero-order valence-corrected chi connectivity index (χ0v) is 12.3. The molecule has 0 amide bonds. The molecule has 19 heavy (non-hydrogen) atoms. The van der Waals surface area contributed by atoms with Crippen molar-refractivity contribution < 1.29 is 4.74 Å². The van der Waals surface area contributed by atoms with Crippen LogP contribution in [0, 0.1) is 0 Å². The number of rotatable bonds is 6. The number of nitrogens with one attached hydrogen (secondary N) is 2. The molecule has 104 valence electrons. The third kappa shape index (κ3) is 2.92. The summed E-state index contributed by atoms with van der Waals surface area (Å²) in [5.74, 6) is 1.46. The molecule has 0 radical (unpaired) electrons. The van der Waals surface area contributed by atoms with Gasteiger partial charge in [0.2, 0.25) is 0 Å². The second-order valence-corrected chi connectivity index (χ2v) is 5.17. The second-order valence-electron chi connectivity index (χ2n) is 5.17. The number of hydrogen-bond donors (Lipinski definition) is 2. The van der Waals surface area contributed by atoms with Crippen LogP contribution in [0.3, 0.4) is 0 Å². The zero-order chi connectivity index (χ0) is 13.8. The van der Waals surface area contributed by atoms with Gasteiger partial charge in [0.15, 0.2) is 0 Å². The lowest BCUT2D eigenvalue weighted by Gasteiger charge is -2.08. The molecule has 0 atom stereocenters. The highest BCUT2D eigenvalue weighted by Gasteiger charge is 2.14. The number of aromatic nitrogens is 1. The summed E-state index contributed by atoms with van der Waals surface area (Å²) in [6.45, 7) is 8.18. The van der Waals surface area contributed by atoms with Crippen molar-refractivity contribution in [1.29, 1.82) is 0 Å². The maximum atomic E-state index is 5.61. The number of fused-ring (bicyclic) bond motifs is 1. The minimum absolute atomic E-state index is 0.509. The standard InChI is InChI=1S/C16H24N2O/c1-5-19-12-6-7-15-14(10-12)13(8-9-17-4)16(18-15)11(2)3/h6-7,10-11,17-18H,5,8-9H2,1-4H3. The van der Waals surface area contributed by atoms with E-state index < -0.39 is 0 Å². The van der Waals surface area contributed by atoms with Gasteiger partial charge in [0.05, 0.1) is 6.61 Å². The van der Waals surface area contributed by atoms with Crippen LogP contribution >= 0.6 is 0 Å². The van der Waals surface area contributed by atoms with E-state index in [0.717, 1.165) is 18.7 Å². The Labute approximate surface area is 115 Å². The summed E-state index contributed by atoms with van der Waals surface area (Å²) in [5, 5.41) is 4.53. The normalized spacial score (nSPS) is 11.4. The lowest BCUT2D eigenvalue weighted by atomic mass is 10.0. The van der Waals surface area contributed by atoms with Gasteiger partial charge in [-0.1, -0.05) is 13.8 Å². The molecule has 0 spiro atoms. The van der Waals surface area contributed by atoms with Crippen LogP contribution in [-0.2, 0) is 6.42 Å². The van der Waals surface area contributed by atoms with Gasteiger partial charge in [0.25, 0.3) is 0 Å². The van der Waals surface area contributed by atoms with Gasteiger partial charge >= 0.3 is 0 Å². The minimum atomic E-state index is 0.509. The highest BCUT2D eigenvalue weighted by molar-refractivity contribution is 5.86. The van der Waals surface area contributed by atoms with Crippen LogP contribution in [-0.4, -0.2) is 25.2 Å². The van der Waals surface area contributed by atoms with Crippen LogP contribution in [0.5, 0.6) is 5.75 Å². The predicted octanol–water partition coefficient (Wildman–Crippen LogP) is 3.45. The summed E-state index contributed by atoms with van der Waals surface area (Å²) in [7, 11) is 2.00. The highest BCUT2D eigenvalue weighted by Crippen LogP contribution is 2.30. The van der Waals surface area contributed by atoms with Crippen molar-refractivity contribution in [3.63, 3.8) is 0 Å². The molecular formula is C16H24N2O. The first-order chi connectivity index (χ1) is 9.17. The quantitative estimate of drug-likeness (QED) is 0.834. The first-order valence-electron chi connectivity index (χ1n) is 7.09. The molecule has 0 saturated heterocycles. The third-order valence-electron chi connectivity index (χ3n) is 3.42. The number of likely N-dealkylation sites (N-methyl/N-ethyl adjacent to an activating group) is 1. The Hall–Kier alpha value is -1.48. The van der Waals surface area contributed by atoms with E-state index in [1.54, 1.807) is 0 Å². The Kier molecular flexibility index (Phi) is 4.48. The molecule has 0 unspecified atom stereocenters. The highest BCUT2D eigenvalue weighted by atomic mass is 16.5. The van der Waals surface area contributed by atoms with E-state index in [1.165, 1.54) is 22.2 Å². The van der Waals surface area contributed by atoms with Gasteiger partial charge in [-0.05, 0) is 56.6 Å². The summed E-state index contributed by atoms with van der Waals surface area (Å²) in [4.78, 5) is 3.56.